The Morgan fingerprint density at radius 2 is 1.82 bits per heavy atom. The van der Waals surface area contributed by atoms with E-state index in [0.29, 0.717) is 42.3 Å². The lowest BCUT2D eigenvalue weighted by Gasteiger charge is -2.38. The van der Waals surface area contributed by atoms with E-state index in [-0.39, 0.29) is 22.7 Å². The van der Waals surface area contributed by atoms with E-state index in [1.807, 2.05) is 30.9 Å². The fraction of sp³-hybridized carbons (Fsp3) is 0.370. The molecule has 1 aliphatic carbocycles. The molecule has 1 amide bonds. The molecule has 2 aromatic carbocycles. The summed E-state index contributed by atoms with van der Waals surface area (Å²) in [4.78, 5) is 26.5. The standard InChI is InChI=1S/C27H27FN4O2/c1-26(2)16-31(11-12-34-26)24(33)18-7-8-21-23(13-18)32(17-27(21)9-10-27)25-29-14-19(15-30-25)20-5-3-4-6-22(20)28/h3-8,13-15H,9-12,16-17H2,1-2H3. The third-order valence-electron chi connectivity index (χ3n) is 7.20. The summed E-state index contributed by atoms with van der Waals surface area (Å²) in [5, 5.41) is 0. The summed E-state index contributed by atoms with van der Waals surface area (Å²) in [5.41, 5.74) is 3.82. The predicted octanol–water partition coefficient (Wildman–Crippen LogP) is 4.72. The molecule has 7 heteroatoms. The number of ether oxygens (including phenoxy) is 1. The van der Waals surface area contributed by atoms with Crippen LogP contribution in [-0.2, 0) is 10.2 Å². The van der Waals surface area contributed by atoms with E-state index >= 15 is 0 Å². The van der Waals surface area contributed by atoms with Gasteiger partial charge in [-0.05, 0) is 50.5 Å². The molecular formula is C27H27FN4O2. The smallest absolute Gasteiger partial charge is 0.254 e. The largest absolute Gasteiger partial charge is 0.372 e. The lowest BCUT2D eigenvalue weighted by Crippen LogP contribution is -2.50. The molecule has 34 heavy (non-hydrogen) atoms. The van der Waals surface area contributed by atoms with Gasteiger partial charge >= 0.3 is 0 Å². The van der Waals surface area contributed by atoms with Crippen LogP contribution < -0.4 is 4.90 Å². The fourth-order valence-electron chi connectivity index (χ4n) is 5.23. The molecule has 0 N–H and O–H groups in total. The molecule has 1 aromatic heterocycles. The number of aromatic nitrogens is 2. The summed E-state index contributed by atoms with van der Waals surface area (Å²) < 4.78 is 20.0. The number of carbonyl (C=O) groups is 1. The Morgan fingerprint density at radius 1 is 1.06 bits per heavy atom. The number of fused-ring (bicyclic) bond motifs is 2. The topological polar surface area (TPSA) is 58.6 Å². The lowest BCUT2D eigenvalue weighted by molar-refractivity contribution is -0.0764. The average molecular weight is 459 g/mol. The molecule has 0 atom stereocenters. The monoisotopic (exact) mass is 458 g/mol. The van der Waals surface area contributed by atoms with Gasteiger partial charge in [-0.1, -0.05) is 24.3 Å². The van der Waals surface area contributed by atoms with Gasteiger partial charge in [-0.25, -0.2) is 14.4 Å². The van der Waals surface area contributed by atoms with Gasteiger partial charge in [-0.15, -0.1) is 0 Å². The van der Waals surface area contributed by atoms with Gasteiger partial charge in [0.15, 0.2) is 0 Å². The molecule has 2 fully saturated rings. The summed E-state index contributed by atoms with van der Waals surface area (Å²) in [5.74, 6) is 0.297. The molecule has 3 heterocycles. The van der Waals surface area contributed by atoms with Crippen LogP contribution in [0.1, 0.15) is 42.6 Å². The van der Waals surface area contributed by atoms with Crippen LogP contribution >= 0.6 is 0 Å². The minimum Gasteiger partial charge on any atom is -0.372 e. The van der Waals surface area contributed by atoms with Gasteiger partial charge in [-0.3, -0.25) is 4.79 Å². The van der Waals surface area contributed by atoms with Crippen LogP contribution in [0.3, 0.4) is 0 Å². The van der Waals surface area contributed by atoms with Crippen molar-refractivity contribution in [3.63, 3.8) is 0 Å². The first kappa shape index (κ1) is 21.2. The van der Waals surface area contributed by atoms with E-state index in [0.717, 1.165) is 25.1 Å². The maximum atomic E-state index is 14.2. The number of nitrogens with zero attached hydrogens (tertiary/aromatic N) is 4. The highest BCUT2D eigenvalue weighted by Gasteiger charge is 2.52. The first-order valence-electron chi connectivity index (χ1n) is 11.8. The minimum atomic E-state index is -0.345. The van der Waals surface area contributed by atoms with Crippen LogP contribution in [0, 0.1) is 5.82 Å². The van der Waals surface area contributed by atoms with E-state index in [4.69, 9.17) is 4.74 Å². The van der Waals surface area contributed by atoms with Crippen molar-refractivity contribution in [3.05, 3.63) is 71.8 Å². The van der Waals surface area contributed by atoms with Crippen molar-refractivity contribution in [3.8, 4) is 11.1 Å². The zero-order valence-electron chi connectivity index (χ0n) is 19.4. The van der Waals surface area contributed by atoms with E-state index in [1.165, 1.54) is 11.6 Å². The molecule has 1 saturated carbocycles. The number of anilines is 2. The van der Waals surface area contributed by atoms with Crippen LogP contribution in [0.2, 0.25) is 0 Å². The number of hydrogen-bond donors (Lipinski definition) is 0. The highest BCUT2D eigenvalue weighted by atomic mass is 19.1. The van der Waals surface area contributed by atoms with Gasteiger partial charge in [0.25, 0.3) is 5.91 Å². The Balaban J connectivity index is 1.32. The molecule has 174 valence electrons. The Kier molecular flexibility index (Phi) is 4.74. The summed E-state index contributed by atoms with van der Waals surface area (Å²) >= 11 is 0. The third kappa shape index (κ3) is 3.55. The fourth-order valence-corrected chi connectivity index (χ4v) is 5.23. The van der Waals surface area contributed by atoms with Gasteiger partial charge in [0.1, 0.15) is 5.82 Å². The van der Waals surface area contributed by atoms with Gasteiger partial charge < -0.3 is 14.5 Å². The second-order valence-corrected chi connectivity index (χ2v) is 10.2. The molecule has 6 rings (SSSR count). The van der Waals surface area contributed by atoms with Gasteiger partial charge in [0, 0.05) is 59.8 Å². The Bertz CT molecular complexity index is 1270. The molecule has 0 unspecified atom stereocenters. The lowest BCUT2D eigenvalue weighted by atomic mass is 9.97. The molecule has 0 bridgehead atoms. The molecule has 2 aliphatic heterocycles. The summed E-state index contributed by atoms with van der Waals surface area (Å²) in [6, 6.07) is 12.7. The quantitative estimate of drug-likeness (QED) is 0.569. The number of benzene rings is 2. The zero-order chi connectivity index (χ0) is 23.5. The van der Waals surface area contributed by atoms with Crippen LogP contribution in [0.5, 0.6) is 0 Å². The molecule has 1 spiro atoms. The number of carbonyl (C=O) groups excluding carboxylic acids is 1. The van der Waals surface area contributed by atoms with Crippen molar-refractivity contribution in [2.24, 2.45) is 0 Å². The number of morpholine rings is 1. The molecular weight excluding hydrogens is 431 g/mol. The zero-order valence-corrected chi connectivity index (χ0v) is 19.4. The number of amides is 1. The molecule has 0 radical (unpaired) electrons. The highest BCUT2D eigenvalue weighted by molar-refractivity contribution is 5.96. The van der Waals surface area contributed by atoms with Crippen LogP contribution in [0.25, 0.3) is 11.1 Å². The number of halogens is 1. The van der Waals surface area contributed by atoms with Crippen molar-refractivity contribution in [1.82, 2.24) is 14.9 Å². The predicted molar refractivity (Wildman–Crippen MR) is 128 cm³/mol. The molecule has 3 aromatic rings. The first-order valence-corrected chi connectivity index (χ1v) is 11.8. The molecule has 1 saturated heterocycles. The molecule has 3 aliphatic rings. The number of rotatable bonds is 3. The van der Waals surface area contributed by atoms with Crippen LogP contribution in [0.4, 0.5) is 16.0 Å². The van der Waals surface area contributed by atoms with Crippen molar-refractivity contribution < 1.29 is 13.9 Å². The van der Waals surface area contributed by atoms with Crippen molar-refractivity contribution in [2.45, 2.75) is 37.7 Å². The van der Waals surface area contributed by atoms with Crippen molar-refractivity contribution in [2.75, 3.05) is 31.1 Å². The van der Waals surface area contributed by atoms with Crippen LogP contribution in [-0.4, -0.2) is 52.6 Å². The van der Waals surface area contributed by atoms with E-state index < -0.39 is 0 Å². The van der Waals surface area contributed by atoms with Crippen molar-refractivity contribution in [1.29, 1.82) is 0 Å². The SMILES string of the molecule is CC1(C)CN(C(=O)c2ccc3c(c2)N(c2ncc(-c4ccccc4F)cn2)CC32CC2)CCO1. The Morgan fingerprint density at radius 3 is 2.53 bits per heavy atom. The second kappa shape index (κ2) is 7.60. The van der Waals surface area contributed by atoms with Gasteiger partial charge in [0.05, 0.1) is 12.2 Å². The minimum absolute atomic E-state index is 0.0201. The van der Waals surface area contributed by atoms with E-state index in [1.54, 1.807) is 30.6 Å². The maximum absolute atomic E-state index is 14.2. The summed E-state index contributed by atoms with van der Waals surface area (Å²) in [6.07, 6.45) is 5.58. The normalized spacial score (nSPS) is 19.9. The number of hydrogen-bond acceptors (Lipinski definition) is 5. The van der Waals surface area contributed by atoms with Crippen LogP contribution in [0.15, 0.2) is 54.9 Å². The third-order valence-corrected chi connectivity index (χ3v) is 7.20. The van der Waals surface area contributed by atoms with E-state index in [2.05, 4.69) is 20.9 Å². The van der Waals surface area contributed by atoms with E-state index in [9.17, 15) is 9.18 Å². The Labute approximate surface area is 198 Å². The summed E-state index contributed by atoms with van der Waals surface area (Å²) in [7, 11) is 0. The van der Waals surface area contributed by atoms with Crippen molar-refractivity contribution >= 4 is 17.5 Å². The molecule has 6 nitrogen and oxygen atoms in total. The van der Waals surface area contributed by atoms with Gasteiger partial charge in [-0.2, -0.15) is 0 Å². The average Bonchev–Trinajstić information content (AvgIpc) is 3.55. The van der Waals surface area contributed by atoms with Gasteiger partial charge in [0.2, 0.25) is 5.95 Å². The summed E-state index contributed by atoms with van der Waals surface area (Å²) in [6.45, 7) is 6.52. The highest BCUT2D eigenvalue weighted by Crippen LogP contribution is 2.57. The second-order valence-electron chi connectivity index (χ2n) is 10.2. The maximum Gasteiger partial charge on any atom is 0.254 e. The first-order chi connectivity index (χ1) is 16.4. The Hall–Kier alpha value is -3.32.